The molecule has 1 atom stereocenters. The summed E-state index contributed by atoms with van der Waals surface area (Å²) in [5, 5.41) is 3.33. The van der Waals surface area contributed by atoms with Gasteiger partial charge in [-0.15, -0.1) is 12.4 Å². The van der Waals surface area contributed by atoms with Crippen molar-refractivity contribution < 1.29 is 12.8 Å². The topological polar surface area (TPSA) is 67.2 Å². The molecule has 0 saturated carbocycles. The Bertz CT molecular complexity index is 828. The fourth-order valence-corrected chi connectivity index (χ4v) is 4.61. The summed E-state index contributed by atoms with van der Waals surface area (Å²) in [7, 11) is -2.23. The lowest BCUT2D eigenvalue weighted by Crippen LogP contribution is -2.49. The first-order valence-electron chi connectivity index (χ1n) is 7.06. The Morgan fingerprint density at radius 3 is 2.83 bits per heavy atom. The van der Waals surface area contributed by atoms with Crippen LogP contribution in [0.15, 0.2) is 35.5 Å². The molecule has 0 radical (unpaired) electrons. The van der Waals surface area contributed by atoms with Crippen molar-refractivity contribution in [3.05, 3.63) is 47.3 Å². The normalized spacial score (nSPS) is 19.0. The minimum Gasteiger partial charge on any atom is -0.337 e. The first-order valence-corrected chi connectivity index (χ1v) is 8.88. The van der Waals surface area contributed by atoms with Crippen molar-refractivity contribution in [2.45, 2.75) is 10.9 Å². The van der Waals surface area contributed by atoms with E-state index in [2.05, 4.69) is 10.3 Å². The van der Waals surface area contributed by atoms with Crippen LogP contribution in [0.4, 0.5) is 4.39 Å². The van der Waals surface area contributed by atoms with Crippen LogP contribution >= 0.6 is 24.0 Å². The Labute approximate surface area is 151 Å². The number of hydrogen-bond acceptors (Lipinski definition) is 4. The number of hydrogen-bond donors (Lipinski definition) is 1. The number of benzene rings is 1. The molecule has 1 N–H and O–H groups in total. The Kier molecular flexibility index (Phi) is 5.87. The summed E-state index contributed by atoms with van der Waals surface area (Å²) in [6.07, 6.45) is 3.35. The van der Waals surface area contributed by atoms with E-state index >= 15 is 0 Å². The molecule has 2 heterocycles. The third-order valence-corrected chi connectivity index (χ3v) is 5.99. The van der Waals surface area contributed by atoms with Crippen molar-refractivity contribution in [1.82, 2.24) is 19.2 Å². The lowest BCUT2D eigenvalue weighted by molar-refractivity contribution is 0.257. The van der Waals surface area contributed by atoms with Gasteiger partial charge in [0.1, 0.15) is 16.5 Å². The summed E-state index contributed by atoms with van der Waals surface area (Å²) in [6, 6.07) is 3.02. The molecular weight excluding hydrogens is 378 g/mol. The minimum absolute atomic E-state index is 0. The van der Waals surface area contributed by atoms with Crippen molar-refractivity contribution >= 4 is 34.0 Å². The fraction of sp³-hybridized carbons (Fsp3) is 0.357. The summed E-state index contributed by atoms with van der Waals surface area (Å²) in [5.41, 5.74) is 0. The maximum absolute atomic E-state index is 14.1. The van der Waals surface area contributed by atoms with Crippen LogP contribution < -0.4 is 5.32 Å². The molecule has 0 spiro atoms. The molecule has 1 aliphatic rings. The van der Waals surface area contributed by atoms with Crippen molar-refractivity contribution in [2.24, 2.45) is 7.05 Å². The second-order valence-electron chi connectivity index (χ2n) is 5.31. The molecule has 0 bridgehead atoms. The molecule has 0 aliphatic carbocycles. The first-order chi connectivity index (χ1) is 10.9. The number of halogens is 3. The number of rotatable bonds is 3. The van der Waals surface area contributed by atoms with Crippen molar-refractivity contribution in [3.8, 4) is 0 Å². The van der Waals surface area contributed by atoms with Crippen LogP contribution in [0.1, 0.15) is 11.9 Å². The lowest BCUT2D eigenvalue weighted by atomic mass is 10.2. The maximum atomic E-state index is 14.1. The third kappa shape index (κ3) is 3.43. The molecular formula is C14H17Cl2FN4O2S. The summed E-state index contributed by atoms with van der Waals surface area (Å²) in [5.74, 6) is -0.213. The van der Waals surface area contributed by atoms with Crippen LogP contribution in [0.2, 0.25) is 5.02 Å². The zero-order chi connectivity index (χ0) is 16.6. The Morgan fingerprint density at radius 2 is 2.17 bits per heavy atom. The van der Waals surface area contributed by atoms with E-state index in [1.165, 1.54) is 10.4 Å². The highest BCUT2D eigenvalue weighted by Crippen LogP contribution is 2.30. The van der Waals surface area contributed by atoms with Gasteiger partial charge in [0.15, 0.2) is 0 Å². The number of piperazine rings is 1. The summed E-state index contributed by atoms with van der Waals surface area (Å²) in [4.78, 5) is 3.82. The zero-order valence-electron chi connectivity index (χ0n) is 12.8. The van der Waals surface area contributed by atoms with E-state index in [0.717, 1.165) is 12.1 Å². The predicted octanol–water partition coefficient (Wildman–Crippen LogP) is 1.97. The van der Waals surface area contributed by atoms with Gasteiger partial charge in [-0.25, -0.2) is 17.8 Å². The number of nitrogens with one attached hydrogen (secondary N) is 1. The Morgan fingerprint density at radius 1 is 1.42 bits per heavy atom. The smallest absolute Gasteiger partial charge is 0.246 e. The number of aromatic nitrogens is 2. The molecule has 1 fully saturated rings. The van der Waals surface area contributed by atoms with Gasteiger partial charge >= 0.3 is 0 Å². The minimum atomic E-state index is -4.03. The summed E-state index contributed by atoms with van der Waals surface area (Å²) < 4.78 is 43.0. The highest BCUT2D eigenvalue weighted by atomic mass is 35.5. The molecule has 10 heteroatoms. The average Bonchev–Trinajstić information content (AvgIpc) is 2.95. The van der Waals surface area contributed by atoms with Crippen LogP contribution in [0.3, 0.4) is 0 Å². The predicted molar refractivity (Wildman–Crippen MR) is 91.4 cm³/mol. The van der Waals surface area contributed by atoms with E-state index in [-0.39, 0.29) is 24.0 Å². The van der Waals surface area contributed by atoms with Crippen LogP contribution in [0, 0.1) is 5.82 Å². The van der Waals surface area contributed by atoms with Crippen LogP contribution in [0.25, 0.3) is 0 Å². The average molecular weight is 395 g/mol. The van der Waals surface area contributed by atoms with Gasteiger partial charge in [0.2, 0.25) is 10.0 Å². The molecule has 3 rings (SSSR count). The Balaban J connectivity index is 0.00000208. The fourth-order valence-electron chi connectivity index (χ4n) is 2.69. The quantitative estimate of drug-likeness (QED) is 0.863. The van der Waals surface area contributed by atoms with Gasteiger partial charge in [0.05, 0.1) is 6.04 Å². The molecule has 1 aromatic heterocycles. The van der Waals surface area contributed by atoms with E-state index in [1.807, 2.05) is 0 Å². The third-order valence-electron chi connectivity index (χ3n) is 3.83. The molecule has 1 unspecified atom stereocenters. The van der Waals surface area contributed by atoms with Gasteiger partial charge in [-0.1, -0.05) is 11.6 Å². The Hall–Kier alpha value is -1.19. The lowest BCUT2D eigenvalue weighted by Gasteiger charge is -2.34. The van der Waals surface area contributed by atoms with Crippen molar-refractivity contribution in [2.75, 3.05) is 19.6 Å². The van der Waals surface area contributed by atoms with E-state index < -0.39 is 26.8 Å². The zero-order valence-corrected chi connectivity index (χ0v) is 15.2. The van der Waals surface area contributed by atoms with Gasteiger partial charge in [0.25, 0.3) is 0 Å². The van der Waals surface area contributed by atoms with Gasteiger partial charge in [-0.05, 0) is 18.2 Å². The van der Waals surface area contributed by atoms with Crippen LogP contribution in [-0.4, -0.2) is 41.9 Å². The van der Waals surface area contributed by atoms with Gasteiger partial charge < -0.3 is 9.88 Å². The van der Waals surface area contributed by atoms with E-state index in [1.54, 1.807) is 24.0 Å². The van der Waals surface area contributed by atoms with E-state index in [4.69, 9.17) is 11.6 Å². The molecule has 0 amide bonds. The summed E-state index contributed by atoms with van der Waals surface area (Å²) >= 11 is 5.84. The van der Waals surface area contributed by atoms with Crippen molar-refractivity contribution in [3.63, 3.8) is 0 Å². The SMILES string of the molecule is Cl.Cn1ccnc1C1CNCCN1S(=O)(=O)c1cc(Cl)ccc1F. The number of imidazole rings is 1. The molecule has 1 aliphatic heterocycles. The monoisotopic (exact) mass is 394 g/mol. The number of sulfonamides is 1. The van der Waals surface area contributed by atoms with Crippen LogP contribution in [-0.2, 0) is 17.1 Å². The first kappa shape index (κ1) is 19.1. The largest absolute Gasteiger partial charge is 0.337 e. The molecule has 1 aromatic carbocycles. The molecule has 24 heavy (non-hydrogen) atoms. The van der Waals surface area contributed by atoms with Crippen LogP contribution in [0.5, 0.6) is 0 Å². The molecule has 2 aromatic rings. The maximum Gasteiger partial charge on any atom is 0.246 e. The number of nitrogens with zero attached hydrogens (tertiary/aromatic N) is 3. The second kappa shape index (κ2) is 7.37. The second-order valence-corrected chi connectivity index (χ2v) is 7.60. The van der Waals surface area contributed by atoms with E-state index in [0.29, 0.717) is 18.9 Å². The summed E-state index contributed by atoms with van der Waals surface area (Å²) in [6.45, 7) is 1.13. The highest BCUT2D eigenvalue weighted by Gasteiger charge is 2.37. The van der Waals surface area contributed by atoms with Crippen molar-refractivity contribution in [1.29, 1.82) is 0 Å². The highest BCUT2D eigenvalue weighted by molar-refractivity contribution is 7.89. The van der Waals surface area contributed by atoms with Gasteiger partial charge in [0, 0.05) is 44.1 Å². The molecule has 132 valence electrons. The van der Waals surface area contributed by atoms with E-state index in [9.17, 15) is 12.8 Å². The number of aryl methyl sites for hydroxylation is 1. The van der Waals surface area contributed by atoms with Gasteiger partial charge in [-0.2, -0.15) is 4.31 Å². The molecule has 1 saturated heterocycles. The standard InChI is InChI=1S/C14H16ClFN4O2S.ClH/c1-19-6-5-18-14(19)12-9-17-4-7-20(12)23(21,22)13-8-10(15)2-3-11(13)16;/h2-3,5-6,8,12,17H,4,7,9H2,1H3;1H. The molecule has 6 nitrogen and oxygen atoms in total. The van der Waals surface area contributed by atoms with Gasteiger partial charge in [-0.3, -0.25) is 0 Å².